The van der Waals surface area contributed by atoms with Crippen LogP contribution in [0.5, 0.6) is 0 Å². The third-order valence-electron chi connectivity index (χ3n) is 5.56. The van der Waals surface area contributed by atoms with Crippen molar-refractivity contribution in [2.24, 2.45) is 0 Å². The average Bonchev–Trinajstić information content (AvgIpc) is 3.19. The Bertz CT molecular complexity index is 840. The third kappa shape index (κ3) is 2.94. The molecule has 0 spiro atoms. The van der Waals surface area contributed by atoms with E-state index in [1.165, 1.54) is 25.0 Å². The van der Waals surface area contributed by atoms with Crippen LogP contribution in [0.2, 0.25) is 0 Å². The molecule has 1 aliphatic carbocycles. The first-order valence-corrected chi connectivity index (χ1v) is 8.90. The van der Waals surface area contributed by atoms with Crippen molar-refractivity contribution in [2.45, 2.75) is 51.6 Å². The fourth-order valence-corrected chi connectivity index (χ4v) is 4.12. The van der Waals surface area contributed by atoms with Crippen molar-refractivity contribution >= 4 is 5.91 Å². The zero-order valence-corrected chi connectivity index (χ0v) is 14.3. The highest BCUT2D eigenvalue weighted by atomic mass is 19.1. The van der Waals surface area contributed by atoms with E-state index in [4.69, 9.17) is 0 Å². The second-order valence-electron chi connectivity index (χ2n) is 7.22. The Labute approximate surface area is 146 Å². The largest absolute Gasteiger partial charge is 0.331 e. The van der Waals surface area contributed by atoms with Crippen LogP contribution in [0.25, 0.3) is 0 Å². The number of rotatable bonds is 3. The van der Waals surface area contributed by atoms with E-state index in [1.54, 1.807) is 0 Å². The molecule has 2 aromatic rings. The number of amides is 1. The van der Waals surface area contributed by atoms with E-state index >= 15 is 0 Å². The summed E-state index contributed by atoms with van der Waals surface area (Å²) in [7, 11) is 0. The lowest BCUT2D eigenvalue weighted by atomic mass is 9.95. The van der Waals surface area contributed by atoms with Crippen LogP contribution in [0.3, 0.4) is 0 Å². The Balaban J connectivity index is 1.63. The zero-order valence-electron chi connectivity index (χ0n) is 14.3. The zero-order chi connectivity index (χ0) is 17.6. The van der Waals surface area contributed by atoms with Crippen molar-refractivity contribution in [3.8, 4) is 0 Å². The molecule has 0 N–H and O–H groups in total. The van der Waals surface area contributed by atoms with Crippen LogP contribution in [-0.2, 0) is 13.0 Å². The number of aryl methyl sites for hydroxylation is 1. The Morgan fingerprint density at radius 3 is 2.56 bits per heavy atom. The third-order valence-corrected chi connectivity index (χ3v) is 5.56. The van der Waals surface area contributed by atoms with Crippen LogP contribution in [0.15, 0.2) is 30.3 Å². The summed E-state index contributed by atoms with van der Waals surface area (Å²) < 4.78 is 27.1. The number of halogens is 2. The SMILES string of the molecule is Cc1cc2c(cc1Cc1ccc(F)cc1F)C(=O)N(C1CCCC1)C2. The minimum Gasteiger partial charge on any atom is -0.331 e. The van der Waals surface area contributed by atoms with Crippen molar-refractivity contribution in [2.75, 3.05) is 0 Å². The van der Waals surface area contributed by atoms with Crippen molar-refractivity contribution in [3.05, 3.63) is 69.8 Å². The molecule has 1 heterocycles. The molecule has 1 fully saturated rings. The topological polar surface area (TPSA) is 20.3 Å². The first kappa shape index (κ1) is 16.2. The van der Waals surface area contributed by atoms with Gasteiger partial charge in [0.2, 0.25) is 0 Å². The van der Waals surface area contributed by atoms with Gasteiger partial charge in [0.05, 0.1) is 0 Å². The van der Waals surface area contributed by atoms with E-state index < -0.39 is 11.6 Å². The van der Waals surface area contributed by atoms with Gasteiger partial charge < -0.3 is 4.90 Å². The second-order valence-corrected chi connectivity index (χ2v) is 7.22. The minimum absolute atomic E-state index is 0.0997. The summed E-state index contributed by atoms with van der Waals surface area (Å²) in [6.07, 6.45) is 4.93. The number of hydrogen-bond donors (Lipinski definition) is 0. The maximum atomic E-state index is 14.0. The molecule has 4 rings (SSSR count). The summed E-state index contributed by atoms with van der Waals surface area (Å²) in [5, 5.41) is 0. The maximum Gasteiger partial charge on any atom is 0.254 e. The predicted octanol–water partition coefficient (Wildman–Crippen LogP) is 4.76. The molecular weight excluding hydrogens is 320 g/mol. The summed E-state index contributed by atoms with van der Waals surface area (Å²) >= 11 is 0. The summed E-state index contributed by atoms with van der Waals surface area (Å²) in [5.74, 6) is -1.02. The number of hydrogen-bond acceptors (Lipinski definition) is 1. The van der Waals surface area contributed by atoms with Crippen LogP contribution >= 0.6 is 0 Å². The van der Waals surface area contributed by atoms with Gasteiger partial charge in [-0.05, 0) is 54.2 Å². The molecule has 0 unspecified atom stereocenters. The number of nitrogens with zero attached hydrogens (tertiary/aromatic N) is 1. The lowest BCUT2D eigenvalue weighted by Crippen LogP contribution is -2.33. The highest BCUT2D eigenvalue weighted by molar-refractivity contribution is 5.99. The molecule has 2 aliphatic rings. The van der Waals surface area contributed by atoms with E-state index in [0.29, 0.717) is 24.6 Å². The molecule has 2 nitrogen and oxygen atoms in total. The Morgan fingerprint density at radius 2 is 1.84 bits per heavy atom. The molecular formula is C21H21F2NO. The van der Waals surface area contributed by atoms with Gasteiger partial charge in [-0.2, -0.15) is 0 Å². The van der Waals surface area contributed by atoms with Gasteiger partial charge in [0, 0.05) is 30.6 Å². The molecule has 130 valence electrons. The lowest BCUT2D eigenvalue weighted by molar-refractivity contribution is 0.0707. The van der Waals surface area contributed by atoms with E-state index in [0.717, 1.165) is 41.2 Å². The highest BCUT2D eigenvalue weighted by Gasteiger charge is 2.34. The first-order chi connectivity index (χ1) is 12.0. The standard InChI is InChI=1S/C21H21F2NO/c1-13-8-16-12-24(18-4-2-3-5-18)21(25)19(16)10-15(13)9-14-6-7-17(22)11-20(14)23/h6-8,10-11,18H,2-5,9,12H2,1H3. The van der Waals surface area contributed by atoms with Gasteiger partial charge in [0.15, 0.2) is 0 Å². The maximum absolute atomic E-state index is 14.0. The highest BCUT2D eigenvalue weighted by Crippen LogP contribution is 2.33. The van der Waals surface area contributed by atoms with E-state index in [2.05, 4.69) is 6.07 Å². The Hall–Kier alpha value is -2.23. The molecule has 0 atom stereocenters. The molecule has 0 saturated heterocycles. The van der Waals surface area contributed by atoms with Gasteiger partial charge in [-0.3, -0.25) is 4.79 Å². The van der Waals surface area contributed by atoms with Gasteiger partial charge in [-0.15, -0.1) is 0 Å². The normalized spacial score (nSPS) is 17.4. The molecule has 0 bridgehead atoms. The molecule has 1 aliphatic heterocycles. The monoisotopic (exact) mass is 341 g/mol. The quantitative estimate of drug-likeness (QED) is 0.788. The van der Waals surface area contributed by atoms with Gasteiger partial charge in [0.25, 0.3) is 5.91 Å². The number of benzene rings is 2. The number of carbonyl (C=O) groups is 1. The molecule has 1 saturated carbocycles. The Morgan fingerprint density at radius 1 is 1.08 bits per heavy atom. The first-order valence-electron chi connectivity index (χ1n) is 8.90. The van der Waals surface area contributed by atoms with Crippen LogP contribution < -0.4 is 0 Å². The van der Waals surface area contributed by atoms with Gasteiger partial charge in [-0.1, -0.05) is 25.0 Å². The number of carbonyl (C=O) groups excluding carboxylic acids is 1. The van der Waals surface area contributed by atoms with Crippen LogP contribution in [-0.4, -0.2) is 16.8 Å². The molecule has 0 aromatic heterocycles. The second kappa shape index (κ2) is 6.25. The summed E-state index contributed by atoms with van der Waals surface area (Å²) in [6.45, 7) is 2.67. The van der Waals surface area contributed by atoms with Gasteiger partial charge in [-0.25, -0.2) is 8.78 Å². The van der Waals surface area contributed by atoms with Crippen LogP contribution in [0.1, 0.15) is 58.3 Å². The van der Waals surface area contributed by atoms with Crippen molar-refractivity contribution in [3.63, 3.8) is 0 Å². The van der Waals surface area contributed by atoms with Crippen molar-refractivity contribution in [1.29, 1.82) is 0 Å². The van der Waals surface area contributed by atoms with Gasteiger partial charge in [0.1, 0.15) is 11.6 Å². The summed E-state index contributed by atoms with van der Waals surface area (Å²) in [5.41, 5.74) is 4.23. The molecule has 2 aromatic carbocycles. The molecule has 4 heteroatoms. The van der Waals surface area contributed by atoms with Crippen LogP contribution in [0.4, 0.5) is 8.78 Å². The average molecular weight is 341 g/mol. The van der Waals surface area contributed by atoms with E-state index in [-0.39, 0.29) is 5.91 Å². The summed E-state index contributed by atoms with van der Waals surface area (Å²) in [6, 6.07) is 7.98. The minimum atomic E-state index is -0.575. The molecule has 1 amide bonds. The lowest BCUT2D eigenvalue weighted by Gasteiger charge is -2.23. The fourth-order valence-electron chi connectivity index (χ4n) is 4.12. The molecule has 0 radical (unpaired) electrons. The van der Waals surface area contributed by atoms with Crippen LogP contribution in [0, 0.1) is 18.6 Å². The van der Waals surface area contributed by atoms with Crippen molar-refractivity contribution < 1.29 is 13.6 Å². The van der Waals surface area contributed by atoms with E-state index in [1.807, 2.05) is 17.9 Å². The van der Waals surface area contributed by atoms with E-state index in [9.17, 15) is 13.6 Å². The fraction of sp³-hybridized carbons (Fsp3) is 0.381. The number of fused-ring (bicyclic) bond motifs is 1. The van der Waals surface area contributed by atoms with Gasteiger partial charge >= 0.3 is 0 Å². The Kier molecular flexibility index (Phi) is 4.06. The molecule has 25 heavy (non-hydrogen) atoms. The summed E-state index contributed by atoms with van der Waals surface area (Å²) in [4.78, 5) is 14.8. The predicted molar refractivity (Wildman–Crippen MR) is 92.5 cm³/mol. The van der Waals surface area contributed by atoms with Crippen molar-refractivity contribution in [1.82, 2.24) is 4.90 Å². The smallest absolute Gasteiger partial charge is 0.254 e.